The molecule has 0 radical (unpaired) electrons. The van der Waals surface area contributed by atoms with Crippen LogP contribution in [0.3, 0.4) is 0 Å². The van der Waals surface area contributed by atoms with Gasteiger partial charge in [-0.15, -0.1) is 0 Å². The highest BCUT2D eigenvalue weighted by molar-refractivity contribution is 5.89. The van der Waals surface area contributed by atoms with E-state index in [2.05, 4.69) is 89.8 Å². The number of rotatable bonds is 1. The zero-order chi connectivity index (χ0) is 26.4. The molecule has 9 rings (SSSR count). The van der Waals surface area contributed by atoms with E-state index in [0.717, 1.165) is 28.6 Å². The largest absolute Gasteiger partial charge is 0.453 e. The molecule has 1 spiro atoms. The molecule has 1 aliphatic heterocycles. The predicted octanol–water partition coefficient (Wildman–Crippen LogP) is 9.71. The predicted molar refractivity (Wildman–Crippen MR) is 158 cm³/mol. The van der Waals surface area contributed by atoms with E-state index in [-0.39, 0.29) is 17.7 Å². The van der Waals surface area contributed by atoms with E-state index >= 15 is 4.39 Å². The minimum Gasteiger partial charge on any atom is -0.453 e. The van der Waals surface area contributed by atoms with Crippen molar-refractivity contribution in [3.8, 4) is 22.6 Å². The van der Waals surface area contributed by atoms with Crippen LogP contribution in [0.2, 0.25) is 0 Å². The summed E-state index contributed by atoms with van der Waals surface area (Å²) in [5, 5.41) is 0. The van der Waals surface area contributed by atoms with Gasteiger partial charge >= 0.3 is 0 Å². The van der Waals surface area contributed by atoms with Crippen molar-refractivity contribution >= 4 is 17.1 Å². The van der Waals surface area contributed by atoms with Gasteiger partial charge in [-0.05, 0) is 81.9 Å². The first-order valence-corrected chi connectivity index (χ1v) is 13.8. The van der Waals surface area contributed by atoms with Crippen LogP contribution in [0.5, 0.6) is 11.5 Å². The number of hydrogen-bond donors (Lipinski definition) is 0. The van der Waals surface area contributed by atoms with E-state index in [1.165, 1.54) is 33.4 Å². The first-order chi connectivity index (χ1) is 19.7. The third-order valence-corrected chi connectivity index (χ3v) is 9.19. The molecular weight excluding hydrogens is 493 g/mol. The van der Waals surface area contributed by atoms with Gasteiger partial charge in [0.1, 0.15) is 5.83 Å². The van der Waals surface area contributed by atoms with E-state index < -0.39 is 5.41 Å². The fourth-order valence-electron chi connectivity index (χ4n) is 7.73. The quantitative estimate of drug-likeness (QED) is 0.215. The van der Waals surface area contributed by atoms with Gasteiger partial charge in [-0.1, -0.05) is 84.9 Å². The summed E-state index contributed by atoms with van der Waals surface area (Å²) in [5.74, 6) is 1.53. The van der Waals surface area contributed by atoms with Crippen LogP contribution in [0.4, 0.5) is 21.5 Å². The number of anilines is 3. The smallest absolute Gasteiger partial charge is 0.151 e. The average molecular weight is 518 g/mol. The lowest BCUT2D eigenvalue weighted by Crippen LogP contribution is -2.33. The molecule has 1 heterocycles. The zero-order valence-electron chi connectivity index (χ0n) is 21.6. The third kappa shape index (κ3) is 2.67. The lowest BCUT2D eigenvalue weighted by molar-refractivity contribution is 0.450. The molecule has 0 saturated heterocycles. The summed E-state index contributed by atoms with van der Waals surface area (Å²) < 4.78 is 21.4. The van der Waals surface area contributed by atoms with Crippen molar-refractivity contribution in [2.75, 3.05) is 4.90 Å². The van der Waals surface area contributed by atoms with Crippen molar-refractivity contribution in [2.24, 2.45) is 5.92 Å². The summed E-state index contributed by atoms with van der Waals surface area (Å²) in [6.07, 6.45) is 5.57. The van der Waals surface area contributed by atoms with E-state index in [9.17, 15) is 0 Å². The van der Waals surface area contributed by atoms with Gasteiger partial charge in [-0.2, -0.15) is 0 Å². The Morgan fingerprint density at radius 3 is 1.93 bits per heavy atom. The van der Waals surface area contributed by atoms with Crippen molar-refractivity contribution in [3.05, 3.63) is 162 Å². The number of ether oxygens (including phenoxy) is 1. The van der Waals surface area contributed by atoms with Crippen LogP contribution in [-0.4, -0.2) is 0 Å². The third-order valence-electron chi connectivity index (χ3n) is 9.19. The normalized spacial score (nSPS) is 20.0. The lowest BCUT2D eigenvalue weighted by atomic mass is 9.65. The first-order valence-electron chi connectivity index (χ1n) is 13.8. The Kier molecular flexibility index (Phi) is 4.30. The Morgan fingerprint density at radius 1 is 0.650 bits per heavy atom. The highest BCUT2D eigenvalue weighted by Gasteiger charge is 2.57. The fourth-order valence-corrected chi connectivity index (χ4v) is 7.73. The maximum atomic E-state index is 15.1. The zero-order valence-corrected chi connectivity index (χ0v) is 21.6. The van der Waals surface area contributed by atoms with Crippen LogP contribution in [0.25, 0.3) is 11.1 Å². The summed E-state index contributed by atoms with van der Waals surface area (Å²) in [4.78, 5) is 2.29. The molecule has 190 valence electrons. The minimum absolute atomic E-state index is 0.0585. The number of hydrogen-bond acceptors (Lipinski definition) is 2. The molecule has 3 aliphatic carbocycles. The monoisotopic (exact) mass is 517 g/mol. The maximum Gasteiger partial charge on any atom is 0.151 e. The highest BCUT2D eigenvalue weighted by Crippen LogP contribution is 2.66. The number of benzene rings is 5. The fraction of sp³-hybridized carbons (Fsp3) is 0.0811. The molecule has 5 aromatic carbocycles. The SMILES string of the molecule is FC1=CC2C(C=C1)c1ccc(N3c4ccccc4Oc4ccccc43)cc1C21c2ccccc2-c2ccccc21. The number of nitrogens with zero attached hydrogens (tertiary/aromatic N) is 1. The Hall–Kier alpha value is -4.89. The standard InChI is InChI=1S/C37H24FNO/c38-23-17-19-27-28-20-18-24(39-33-13-5-7-15-35(33)40-36-16-8-6-14-34(36)39)22-32(28)37(31(27)21-23)29-11-3-1-9-25(29)26-10-2-4-12-30(26)37/h1-22,27,31H. The summed E-state index contributed by atoms with van der Waals surface area (Å²) in [5.41, 5.74) is 10.1. The molecule has 0 fully saturated rings. The average Bonchev–Trinajstić information content (AvgIpc) is 3.46. The molecule has 2 unspecified atom stereocenters. The van der Waals surface area contributed by atoms with E-state index in [1.54, 1.807) is 6.08 Å². The second-order valence-electron chi connectivity index (χ2n) is 11.0. The van der Waals surface area contributed by atoms with Gasteiger partial charge in [0.2, 0.25) is 0 Å². The molecule has 0 N–H and O–H groups in total. The summed E-state index contributed by atoms with van der Waals surface area (Å²) >= 11 is 0. The Labute approximate surface area is 232 Å². The second kappa shape index (κ2) is 7.83. The molecule has 3 heteroatoms. The molecule has 4 aliphatic rings. The van der Waals surface area contributed by atoms with Crippen LogP contribution in [0, 0.1) is 5.92 Å². The van der Waals surface area contributed by atoms with E-state index in [0.29, 0.717) is 0 Å². The van der Waals surface area contributed by atoms with Gasteiger partial charge in [0, 0.05) is 17.5 Å². The highest BCUT2D eigenvalue weighted by atomic mass is 19.1. The molecule has 0 saturated carbocycles. The van der Waals surface area contributed by atoms with Crippen LogP contribution >= 0.6 is 0 Å². The molecule has 0 amide bonds. The molecule has 0 aromatic heterocycles. The van der Waals surface area contributed by atoms with Crippen molar-refractivity contribution in [1.82, 2.24) is 0 Å². The Morgan fingerprint density at radius 2 is 1.25 bits per heavy atom. The van der Waals surface area contributed by atoms with Crippen molar-refractivity contribution in [1.29, 1.82) is 0 Å². The van der Waals surface area contributed by atoms with E-state index in [4.69, 9.17) is 4.74 Å². The van der Waals surface area contributed by atoms with Gasteiger partial charge in [0.25, 0.3) is 0 Å². The summed E-state index contributed by atoms with van der Waals surface area (Å²) in [6.45, 7) is 0. The first kappa shape index (κ1) is 22.0. The van der Waals surface area contributed by atoms with Gasteiger partial charge in [-0.3, -0.25) is 0 Å². The molecule has 0 bridgehead atoms. The van der Waals surface area contributed by atoms with Crippen LogP contribution in [-0.2, 0) is 5.41 Å². The second-order valence-corrected chi connectivity index (χ2v) is 11.0. The van der Waals surface area contributed by atoms with Crippen molar-refractivity contribution in [3.63, 3.8) is 0 Å². The van der Waals surface area contributed by atoms with Crippen molar-refractivity contribution in [2.45, 2.75) is 11.3 Å². The van der Waals surface area contributed by atoms with Crippen LogP contribution in [0.15, 0.2) is 139 Å². The van der Waals surface area contributed by atoms with E-state index in [1.807, 2.05) is 42.5 Å². The molecule has 5 aromatic rings. The Bertz CT molecular complexity index is 1840. The topological polar surface area (TPSA) is 12.5 Å². The van der Waals surface area contributed by atoms with Gasteiger partial charge in [0.05, 0.1) is 16.8 Å². The Balaban J connectivity index is 1.36. The van der Waals surface area contributed by atoms with Crippen LogP contribution in [0.1, 0.15) is 28.2 Å². The van der Waals surface area contributed by atoms with Gasteiger partial charge in [0.15, 0.2) is 11.5 Å². The molecule has 40 heavy (non-hydrogen) atoms. The lowest BCUT2D eigenvalue weighted by Gasteiger charge is -2.37. The molecule has 2 atom stereocenters. The van der Waals surface area contributed by atoms with Crippen molar-refractivity contribution < 1.29 is 9.13 Å². The number of allylic oxidation sites excluding steroid dienone is 4. The number of para-hydroxylation sites is 4. The summed E-state index contributed by atoms with van der Waals surface area (Å²) in [6, 6.07) is 40.6. The summed E-state index contributed by atoms with van der Waals surface area (Å²) in [7, 11) is 0. The van der Waals surface area contributed by atoms with Crippen LogP contribution < -0.4 is 9.64 Å². The molecule has 2 nitrogen and oxygen atoms in total. The number of fused-ring (bicyclic) bond motifs is 12. The molecular formula is C37H24FNO. The number of halogens is 1. The van der Waals surface area contributed by atoms with Gasteiger partial charge < -0.3 is 9.64 Å². The van der Waals surface area contributed by atoms with Gasteiger partial charge in [-0.25, -0.2) is 4.39 Å². The minimum atomic E-state index is -0.489. The maximum absolute atomic E-state index is 15.1.